The summed E-state index contributed by atoms with van der Waals surface area (Å²) in [6.07, 6.45) is 5.62. The molecule has 1 heterocycles. The summed E-state index contributed by atoms with van der Waals surface area (Å²) in [7, 11) is 3.69. The predicted octanol–water partition coefficient (Wildman–Crippen LogP) is 0.220. The monoisotopic (exact) mass is 212 g/mol. The number of nitrogens with zero attached hydrogens (tertiary/aromatic N) is 2. The molecule has 3 N–H and O–H groups in total. The minimum absolute atomic E-state index is 0.195. The van der Waals surface area contributed by atoms with E-state index in [-0.39, 0.29) is 12.1 Å². The normalized spacial score (nSPS) is 15.2. The fourth-order valence-corrected chi connectivity index (χ4v) is 1.52. The van der Waals surface area contributed by atoms with Crippen molar-refractivity contribution in [1.82, 2.24) is 15.0 Å². The van der Waals surface area contributed by atoms with E-state index < -0.39 is 0 Å². The minimum Gasteiger partial charge on any atom is -0.382 e. The highest BCUT2D eigenvalue weighted by molar-refractivity contribution is 4.94. The van der Waals surface area contributed by atoms with E-state index in [4.69, 9.17) is 10.6 Å². The lowest BCUT2D eigenvalue weighted by Gasteiger charge is -2.19. The molecule has 2 atom stereocenters. The number of nitrogens with two attached hydrogens (primary N) is 1. The maximum absolute atomic E-state index is 5.50. The van der Waals surface area contributed by atoms with E-state index >= 15 is 0 Å². The lowest BCUT2D eigenvalue weighted by Crippen LogP contribution is -2.39. The van der Waals surface area contributed by atoms with Crippen molar-refractivity contribution in [2.45, 2.75) is 31.9 Å². The molecule has 0 amide bonds. The number of methoxy groups -OCH3 is 1. The third kappa shape index (κ3) is 3.62. The molecule has 0 aliphatic rings. The van der Waals surface area contributed by atoms with Gasteiger partial charge in [0.15, 0.2) is 0 Å². The van der Waals surface area contributed by atoms with Gasteiger partial charge >= 0.3 is 0 Å². The number of nitrogens with one attached hydrogen (secondary N) is 1. The van der Waals surface area contributed by atoms with Crippen LogP contribution in [-0.4, -0.2) is 28.8 Å². The van der Waals surface area contributed by atoms with Gasteiger partial charge in [-0.05, 0) is 13.3 Å². The minimum atomic E-state index is 0.195. The summed E-state index contributed by atoms with van der Waals surface area (Å²) in [5.74, 6) is 6.53. The van der Waals surface area contributed by atoms with Crippen LogP contribution in [0.3, 0.4) is 0 Å². The molecule has 0 radical (unpaired) electrons. The second-order valence-electron chi connectivity index (χ2n) is 3.80. The molecule has 0 saturated carbocycles. The van der Waals surface area contributed by atoms with Crippen LogP contribution < -0.4 is 11.3 Å². The van der Waals surface area contributed by atoms with Gasteiger partial charge < -0.3 is 9.30 Å². The topological polar surface area (TPSA) is 65.1 Å². The maximum atomic E-state index is 5.50. The molecular weight excluding hydrogens is 192 g/mol. The Balaban J connectivity index is 2.50. The summed E-state index contributed by atoms with van der Waals surface area (Å²) in [6, 6.07) is 0.195. The molecule has 86 valence electrons. The Hall–Kier alpha value is -0.910. The lowest BCUT2D eigenvalue weighted by molar-refractivity contribution is 0.100. The van der Waals surface area contributed by atoms with Crippen molar-refractivity contribution in [2.75, 3.05) is 7.11 Å². The Morgan fingerprint density at radius 2 is 2.40 bits per heavy atom. The van der Waals surface area contributed by atoms with Crippen LogP contribution in [0.25, 0.3) is 0 Å². The van der Waals surface area contributed by atoms with Crippen molar-refractivity contribution in [3.63, 3.8) is 0 Å². The number of imidazole rings is 1. The smallest absolute Gasteiger partial charge is 0.109 e. The number of hydrogen-bond acceptors (Lipinski definition) is 4. The summed E-state index contributed by atoms with van der Waals surface area (Å²) in [5.41, 5.74) is 2.80. The second-order valence-corrected chi connectivity index (χ2v) is 3.80. The Bertz CT molecular complexity index is 287. The van der Waals surface area contributed by atoms with Gasteiger partial charge in [-0.25, -0.2) is 4.98 Å². The van der Waals surface area contributed by atoms with Crippen molar-refractivity contribution in [3.05, 3.63) is 18.2 Å². The van der Waals surface area contributed by atoms with Gasteiger partial charge in [0.1, 0.15) is 5.82 Å². The highest BCUT2D eigenvalue weighted by Crippen LogP contribution is 2.06. The third-order valence-electron chi connectivity index (χ3n) is 2.60. The Labute approximate surface area is 90.6 Å². The van der Waals surface area contributed by atoms with Crippen molar-refractivity contribution < 1.29 is 4.74 Å². The zero-order valence-corrected chi connectivity index (χ0v) is 9.60. The van der Waals surface area contributed by atoms with E-state index in [0.29, 0.717) is 0 Å². The number of rotatable bonds is 6. The molecule has 1 aromatic rings. The summed E-state index contributed by atoms with van der Waals surface area (Å²) in [6.45, 7) is 2.03. The number of hydrogen-bond donors (Lipinski definition) is 2. The van der Waals surface area contributed by atoms with Crippen LogP contribution in [-0.2, 0) is 18.2 Å². The van der Waals surface area contributed by atoms with Crippen molar-refractivity contribution in [2.24, 2.45) is 12.9 Å². The largest absolute Gasteiger partial charge is 0.382 e. The molecule has 15 heavy (non-hydrogen) atoms. The van der Waals surface area contributed by atoms with Crippen LogP contribution in [0.15, 0.2) is 12.4 Å². The Morgan fingerprint density at radius 3 is 2.87 bits per heavy atom. The van der Waals surface area contributed by atoms with Gasteiger partial charge in [0.05, 0.1) is 6.10 Å². The first-order valence-corrected chi connectivity index (χ1v) is 5.12. The fraction of sp³-hybridized carbons (Fsp3) is 0.700. The molecule has 0 spiro atoms. The van der Waals surface area contributed by atoms with Crippen LogP contribution in [0, 0.1) is 0 Å². The number of hydrazine groups is 1. The zero-order valence-electron chi connectivity index (χ0n) is 9.60. The van der Waals surface area contributed by atoms with Gasteiger partial charge in [-0.1, -0.05) is 0 Å². The molecule has 1 rings (SSSR count). The Kier molecular flexibility index (Phi) is 4.74. The Morgan fingerprint density at radius 1 is 1.67 bits per heavy atom. The molecule has 0 aromatic carbocycles. The average Bonchev–Trinajstić information content (AvgIpc) is 2.63. The van der Waals surface area contributed by atoms with E-state index in [1.165, 1.54) is 0 Å². The first-order chi connectivity index (χ1) is 7.17. The van der Waals surface area contributed by atoms with Gasteiger partial charge in [0.25, 0.3) is 0 Å². The molecule has 0 saturated heterocycles. The summed E-state index contributed by atoms with van der Waals surface area (Å²) >= 11 is 0. The highest BCUT2D eigenvalue weighted by Gasteiger charge is 2.14. The first kappa shape index (κ1) is 12.2. The fourth-order valence-electron chi connectivity index (χ4n) is 1.52. The SMILES string of the molecule is COC(C)CC(Cc1nccn1C)NN. The van der Waals surface area contributed by atoms with E-state index in [9.17, 15) is 0 Å². The van der Waals surface area contributed by atoms with Gasteiger partial charge in [0.2, 0.25) is 0 Å². The number of ether oxygens (including phenoxy) is 1. The molecule has 0 bridgehead atoms. The molecular formula is C10H20N4O. The van der Waals surface area contributed by atoms with Gasteiger partial charge in [-0.15, -0.1) is 0 Å². The van der Waals surface area contributed by atoms with Gasteiger partial charge in [-0.2, -0.15) is 0 Å². The maximum Gasteiger partial charge on any atom is 0.109 e. The van der Waals surface area contributed by atoms with E-state index in [1.807, 2.05) is 24.7 Å². The first-order valence-electron chi connectivity index (χ1n) is 5.12. The molecule has 2 unspecified atom stereocenters. The van der Waals surface area contributed by atoms with Crippen molar-refractivity contribution in [1.29, 1.82) is 0 Å². The molecule has 5 nitrogen and oxygen atoms in total. The van der Waals surface area contributed by atoms with Crippen LogP contribution >= 0.6 is 0 Å². The molecule has 0 aliphatic heterocycles. The average molecular weight is 212 g/mol. The quantitative estimate of drug-likeness (QED) is 0.523. The predicted molar refractivity (Wildman–Crippen MR) is 59.1 cm³/mol. The van der Waals surface area contributed by atoms with Crippen molar-refractivity contribution >= 4 is 0 Å². The van der Waals surface area contributed by atoms with Gasteiger partial charge in [-0.3, -0.25) is 11.3 Å². The van der Waals surface area contributed by atoms with Crippen molar-refractivity contribution in [3.8, 4) is 0 Å². The van der Waals surface area contributed by atoms with E-state index in [2.05, 4.69) is 10.4 Å². The molecule has 5 heteroatoms. The second kappa shape index (κ2) is 5.85. The summed E-state index contributed by atoms with van der Waals surface area (Å²) in [5, 5.41) is 0. The van der Waals surface area contributed by atoms with Crippen LogP contribution in [0.2, 0.25) is 0 Å². The lowest BCUT2D eigenvalue weighted by atomic mass is 10.1. The molecule has 1 aromatic heterocycles. The van der Waals surface area contributed by atoms with Gasteiger partial charge in [0, 0.05) is 39.0 Å². The van der Waals surface area contributed by atoms with E-state index in [1.54, 1.807) is 13.3 Å². The van der Waals surface area contributed by atoms with Crippen LogP contribution in [0.1, 0.15) is 19.2 Å². The highest BCUT2D eigenvalue weighted by atomic mass is 16.5. The van der Waals surface area contributed by atoms with E-state index in [0.717, 1.165) is 18.7 Å². The van der Waals surface area contributed by atoms with Crippen LogP contribution in [0.5, 0.6) is 0 Å². The zero-order chi connectivity index (χ0) is 11.3. The number of aryl methyl sites for hydroxylation is 1. The third-order valence-corrected chi connectivity index (χ3v) is 2.60. The molecule has 0 fully saturated rings. The summed E-state index contributed by atoms with van der Waals surface area (Å²) < 4.78 is 7.21. The van der Waals surface area contributed by atoms with Crippen LogP contribution in [0.4, 0.5) is 0 Å². The molecule has 0 aliphatic carbocycles. The summed E-state index contributed by atoms with van der Waals surface area (Å²) in [4.78, 5) is 4.26. The number of aromatic nitrogens is 2. The standard InChI is InChI=1S/C10H20N4O/c1-8(15-3)6-9(13-11)7-10-12-4-5-14(10)2/h4-5,8-9,13H,6-7,11H2,1-3H3.